The van der Waals surface area contributed by atoms with E-state index in [1.807, 2.05) is 19.3 Å². The van der Waals surface area contributed by atoms with E-state index >= 15 is 0 Å². The van der Waals surface area contributed by atoms with Crippen LogP contribution in [0.25, 0.3) is 0 Å². The molecule has 1 aromatic carbocycles. The van der Waals surface area contributed by atoms with Crippen molar-refractivity contribution in [3.8, 4) is 0 Å². The van der Waals surface area contributed by atoms with Crippen molar-refractivity contribution in [2.45, 2.75) is 12.8 Å². The van der Waals surface area contributed by atoms with E-state index in [-0.39, 0.29) is 17.7 Å². The lowest BCUT2D eigenvalue weighted by Gasteiger charge is -2.08. The Morgan fingerprint density at radius 2 is 1.67 bits per heavy atom. The normalized spacial score (nSPS) is 13.8. The fourth-order valence-electron chi connectivity index (χ4n) is 2.12. The Bertz CT molecular complexity index is 669. The molecule has 0 radical (unpaired) electrons. The second-order valence-corrected chi connectivity index (χ2v) is 5.30. The van der Waals surface area contributed by atoms with Crippen molar-refractivity contribution in [1.29, 1.82) is 0 Å². The fraction of sp³-hybridized carbons (Fsp3) is 0.250. The number of rotatable bonds is 4. The Morgan fingerprint density at radius 3 is 2.19 bits per heavy atom. The smallest absolute Gasteiger partial charge is 0.272 e. The number of hydrogen-bond acceptors (Lipinski definition) is 2. The molecule has 0 bridgehead atoms. The maximum absolute atomic E-state index is 12.1. The van der Waals surface area contributed by atoms with E-state index in [0.717, 1.165) is 18.5 Å². The average Bonchev–Trinajstić information content (AvgIpc) is 3.23. The molecule has 1 aromatic heterocycles. The molecule has 0 spiro atoms. The summed E-state index contributed by atoms with van der Waals surface area (Å²) in [6, 6.07) is 10.7. The number of carbonyl (C=O) groups is 2. The van der Waals surface area contributed by atoms with Gasteiger partial charge in [0.2, 0.25) is 5.91 Å². The van der Waals surface area contributed by atoms with Crippen LogP contribution in [0.5, 0.6) is 0 Å². The van der Waals surface area contributed by atoms with Gasteiger partial charge in [0.1, 0.15) is 5.69 Å². The zero-order valence-corrected chi connectivity index (χ0v) is 11.8. The van der Waals surface area contributed by atoms with Crippen LogP contribution >= 0.6 is 0 Å². The zero-order chi connectivity index (χ0) is 14.8. The molecule has 1 saturated carbocycles. The van der Waals surface area contributed by atoms with Crippen molar-refractivity contribution in [1.82, 2.24) is 4.57 Å². The van der Waals surface area contributed by atoms with Gasteiger partial charge in [-0.25, -0.2) is 0 Å². The van der Waals surface area contributed by atoms with E-state index in [0.29, 0.717) is 11.4 Å². The zero-order valence-electron chi connectivity index (χ0n) is 11.8. The Balaban J connectivity index is 1.62. The number of aryl methyl sites for hydroxylation is 1. The lowest BCUT2D eigenvalue weighted by atomic mass is 10.2. The molecule has 2 N–H and O–H groups in total. The average molecular weight is 283 g/mol. The maximum atomic E-state index is 12.1. The van der Waals surface area contributed by atoms with Crippen molar-refractivity contribution in [3.63, 3.8) is 0 Å². The SMILES string of the molecule is Cn1cccc1C(=O)Nc1ccc(NC(=O)C2CC2)cc1. The van der Waals surface area contributed by atoms with Crippen molar-refractivity contribution >= 4 is 23.2 Å². The number of benzene rings is 1. The van der Waals surface area contributed by atoms with E-state index < -0.39 is 0 Å². The number of aromatic nitrogens is 1. The lowest BCUT2D eigenvalue weighted by molar-refractivity contribution is -0.117. The second-order valence-electron chi connectivity index (χ2n) is 5.30. The summed E-state index contributed by atoms with van der Waals surface area (Å²) in [4.78, 5) is 23.7. The summed E-state index contributed by atoms with van der Waals surface area (Å²) in [7, 11) is 1.82. The highest BCUT2D eigenvalue weighted by Gasteiger charge is 2.29. The number of amides is 2. The summed E-state index contributed by atoms with van der Waals surface area (Å²) in [5.74, 6) is 0.106. The molecule has 1 aliphatic rings. The number of carbonyl (C=O) groups excluding carboxylic acids is 2. The van der Waals surface area contributed by atoms with Gasteiger partial charge in [-0.05, 0) is 49.2 Å². The van der Waals surface area contributed by atoms with E-state index in [9.17, 15) is 9.59 Å². The monoisotopic (exact) mass is 283 g/mol. The number of nitrogens with one attached hydrogen (secondary N) is 2. The third-order valence-corrected chi connectivity index (χ3v) is 3.53. The van der Waals surface area contributed by atoms with Gasteiger partial charge in [0.25, 0.3) is 5.91 Å². The highest BCUT2D eigenvalue weighted by atomic mass is 16.2. The second kappa shape index (κ2) is 5.44. The predicted molar refractivity (Wildman–Crippen MR) is 81.2 cm³/mol. The molecule has 0 unspecified atom stereocenters. The van der Waals surface area contributed by atoms with Gasteiger partial charge in [0, 0.05) is 30.5 Å². The largest absolute Gasteiger partial charge is 0.347 e. The first-order valence-electron chi connectivity index (χ1n) is 6.97. The predicted octanol–water partition coefficient (Wildman–Crippen LogP) is 2.63. The van der Waals surface area contributed by atoms with Crippen LogP contribution in [0.3, 0.4) is 0 Å². The summed E-state index contributed by atoms with van der Waals surface area (Å²) >= 11 is 0. The Morgan fingerprint density at radius 1 is 1.05 bits per heavy atom. The molecule has 0 saturated heterocycles. The first-order chi connectivity index (χ1) is 10.1. The van der Waals surface area contributed by atoms with E-state index in [4.69, 9.17) is 0 Å². The molecule has 21 heavy (non-hydrogen) atoms. The molecular weight excluding hydrogens is 266 g/mol. The summed E-state index contributed by atoms with van der Waals surface area (Å²) in [6.45, 7) is 0. The van der Waals surface area contributed by atoms with Crippen LogP contribution in [0.15, 0.2) is 42.6 Å². The number of anilines is 2. The van der Waals surface area contributed by atoms with Crippen molar-refractivity contribution < 1.29 is 9.59 Å². The van der Waals surface area contributed by atoms with Gasteiger partial charge in [-0.15, -0.1) is 0 Å². The van der Waals surface area contributed by atoms with Crippen LogP contribution in [-0.4, -0.2) is 16.4 Å². The molecule has 5 nitrogen and oxygen atoms in total. The first-order valence-corrected chi connectivity index (χ1v) is 6.97. The van der Waals surface area contributed by atoms with Crippen LogP contribution in [0.4, 0.5) is 11.4 Å². The van der Waals surface area contributed by atoms with Crippen LogP contribution in [-0.2, 0) is 11.8 Å². The third kappa shape index (κ3) is 3.13. The first kappa shape index (κ1) is 13.4. The van der Waals surface area contributed by atoms with E-state index in [2.05, 4.69) is 10.6 Å². The van der Waals surface area contributed by atoms with Gasteiger partial charge in [-0.2, -0.15) is 0 Å². The highest BCUT2D eigenvalue weighted by Crippen LogP contribution is 2.30. The Labute approximate surface area is 123 Å². The van der Waals surface area contributed by atoms with Crippen LogP contribution < -0.4 is 10.6 Å². The van der Waals surface area contributed by atoms with Crippen molar-refractivity contribution in [2.75, 3.05) is 10.6 Å². The molecule has 2 amide bonds. The fourth-order valence-corrected chi connectivity index (χ4v) is 2.12. The van der Waals surface area contributed by atoms with Crippen LogP contribution in [0.2, 0.25) is 0 Å². The molecule has 3 rings (SSSR count). The molecule has 1 aliphatic carbocycles. The summed E-state index contributed by atoms with van der Waals surface area (Å²) in [6.07, 6.45) is 3.79. The summed E-state index contributed by atoms with van der Waals surface area (Å²) in [5, 5.41) is 5.69. The molecule has 1 heterocycles. The molecule has 0 atom stereocenters. The molecule has 2 aromatic rings. The number of nitrogens with zero attached hydrogens (tertiary/aromatic N) is 1. The van der Waals surface area contributed by atoms with E-state index in [1.54, 1.807) is 34.9 Å². The minimum atomic E-state index is -0.155. The molecule has 1 fully saturated rings. The quantitative estimate of drug-likeness (QED) is 0.906. The standard InChI is InChI=1S/C16H17N3O2/c1-19-10-2-3-14(19)16(21)18-13-8-6-12(7-9-13)17-15(20)11-4-5-11/h2-3,6-11H,4-5H2,1H3,(H,17,20)(H,18,21). The minimum Gasteiger partial charge on any atom is -0.347 e. The van der Waals surface area contributed by atoms with Crippen LogP contribution in [0, 0.1) is 5.92 Å². The van der Waals surface area contributed by atoms with Crippen LogP contribution in [0.1, 0.15) is 23.3 Å². The summed E-state index contributed by atoms with van der Waals surface area (Å²) in [5.41, 5.74) is 2.05. The molecular formula is C16H17N3O2. The molecule has 108 valence electrons. The summed E-state index contributed by atoms with van der Waals surface area (Å²) < 4.78 is 1.76. The maximum Gasteiger partial charge on any atom is 0.272 e. The topological polar surface area (TPSA) is 63.1 Å². The van der Waals surface area contributed by atoms with Gasteiger partial charge < -0.3 is 15.2 Å². The van der Waals surface area contributed by atoms with Gasteiger partial charge in [-0.1, -0.05) is 0 Å². The van der Waals surface area contributed by atoms with Crippen molar-refractivity contribution in [2.24, 2.45) is 13.0 Å². The Hall–Kier alpha value is -2.56. The lowest BCUT2D eigenvalue weighted by Crippen LogP contribution is -2.15. The third-order valence-electron chi connectivity index (χ3n) is 3.53. The minimum absolute atomic E-state index is 0.0793. The molecule has 0 aliphatic heterocycles. The van der Waals surface area contributed by atoms with Gasteiger partial charge in [0.05, 0.1) is 0 Å². The van der Waals surface area contributed by atoms with Gasteiger partial charge in [0.15, 0.2) is 0 Å². The Kier molecular flexibility index (Phi) is 3.48. The van der Waals surface area contributed by atoms with Crippen molar-refractivity contribution in [3.05, 3.63) is 48.3 Å². The van der Waals surface area contributed by atoms with E-state index in [1.165, 1.54) is 0 Å². The van der Waals surface area contributed by atoms with Gasteiger partial charge in [-0.3, -0.25) is 9.59 Å². The van der Waals surface area contributed by atoms with Gasteiger partial charge >= 0.3 is 0 Å². The highest BCUT2D eigenvalue weighted by molar-refractivity contribution is 6.03. The number of hydrogen-bond donors (Lipinski definition) is 2. The molecule has 5 heteroatoms.